The highest BCUT2D eigenvalue weighted by Crippen LogP contribution is 2.32. The van der Waals surface area contributed by atoms with E-state index in [9.17, 15) is 4.79 Å². The van der Waals surface area contributed by atoms with Gasteiger partial charge in [-0.05, 0) is 42.8 Å². The molecule has 25 heavy (non-hydrogen) atoms. The van der Waals surface area contributed by atoms with Crippen LogP contribution in [0.4, 0.5) is 0 Å². The van der Waals surface area contributed by atoms with Gasteiger partial charge in [0.25, 0.3) is 5.91 Å². The average molecular weight is 350 g/mol. The third-order valence-corrected chi connectivity index (χ3v) is 4.95. The fraction of sp³-hybridized carbons (Fsp3) is 0.158. The van der Waals surface area contributed by atoms with E-state index in [-0.39, 0.29) is 12.7 Å². The summed E-state index contributed by atoms with van der Waals surface area (Å²) < 4.78 is 13.5. The Morgan fingerprint density at radius 3 is 2.96 bits per heavy atom. The maximum atomic E-state index is 12.6. The second kappa shape index (κ2) is 6.11. The molecule has 0 N–H and O–H groups in total. The predicted octanol–water partition coefficient (Wildman–Crippen LogP) is 3.11. The zero-order valence-corrected chi connectivity index (χ0v) is 14.3. The molecule has 0 radical (unpaired) electrons. The summed E-state index contributed by atoms with van der Waals surface area (Å²) >= 11 is 1.45. The molecule has 1 amide bonds. The minimum absolute atomic E-state index is 0.169. The van der Waals surface area contributed by atoms with Gasteiger partial charge >= 0.3 is 0 Å². The largest absolute Gasteiger partial charge is 0.454 e. The van der Waals surface area contributed by atoms with Gasteiger partial charge in [-0.2, -0.15) is 4.99 Å². The lowest BCUT2D eigenvalue weighted by Gasteiger charge is -2.01. The van der Waals surface area contributed by atoms with Gasteiger partial charge in [0.15, 0.2) is 16.3 Å². The molecule has 124 valence electrons. The summed E-state index contributed by atoms with van der Waals surface area (Å²) in [6, 6.07) is 11.1. The van der Waals surface area contributed by atoms with Gasteiger partial charge in [0.1, 0.15) is 0 Å². The fourth-order valence-corrected chi connectivity index (χ4v) is 3.82. The number of terminal acetylenes is 1. The second-order valence-electron chi connectivity index (χ2n) is 5.63. The second-order valence-corrected chi connectivity index (χ2v) is 6.64. The topological polar surface area (TPSA) is 52.8 Å². The first-order valence-electron chi connectivity index (χ1n) is 7.68. The summed E-state index contributed by atoms with van der Waals surface area (Å²) in [4.78, 5) is 17.5. The van der Waals surface area contributed by atoms with E-state index < -0.39 is 0 Å². The molecule has 1 aromatic heterocycles. The van der Waals surface area contributed by atoms with Crippen molar-refractivity contribution in [2.75, 3.05) is 6.79 Å². The van der Waals surface area contributed by atoms with Crippen molar-refractivity contribution < 1.29 is 14.3 Å². The number of thiazole rings is 1. The smallest absolute Gasteiger partial charge is 0.279 e. The average Bonchev–Trinajstić information content (AvgIpc) is 3.19. The number of aryl methyl sites for hydroxylation is 1. The summed E-state index contributed by atoms with van der Waals surface area (Å²) in [6.07, 6.45) is 5.49. The van der Waals surface area contributed by atoms with Crippen molar-refractivity contribution in [1.29, 1.82) is 0 Å². The Labute approximate surface area is 148 Å². The molecule has 0 saturated heterocycles. The van der Waals surface area contributed by atoms with Crippen LogP contribution < -0.4 is 14.3 Å². The van der Waals surface area contributed by atoms with Crippen LogP contribution in [0.15, 0.2) is 41.4 Å². The van der Waals surface area contributed by atoms with E-state index >= 15 is 0 Å². The first kappa shape index (κ1) is 15.5. The Morgan fingerprint density at radius 1 is 1.28 bits per heavy atom. The third kappa shape index (κ3) is 2.79. The minimum Gasteiger partial charge on any atom is -0.454 e. The Bertz CT molecular complexity index is 1100. The third-order valence-electron chi connectivity index (χ3n) is 3.90. The van der Waals surface area contributed by atoms with Crippen molar-refractivity contribution in [2.24, 2.45) is 4.99 Å². The summed E-state index contributed by atoms with van der Waals surface area (Å²) in [7, 11) is 0. The predicted molar refractivity (Wildman–Crippen MR) is 95.8 cm³/mol. The maximum Gasteiger partial charge on any atom is 0.279 e. The quantitative estimate of drug-likeness (QED) is 0.667. The van der Waals surface area contributed by atoms with E-state index in [0.29, 0.717) is 28.4 Å². The van der Waals surface area contributed by atoms with Crippen molar-refractivity contribution in [1.82, 2.24) is 4.57 Å². The summed E-state index contributed by atoms with van der Waals surface area (Å²) in [6.45, 7) is 2.55. The number of carbonyl (C=O) groups is 1. The van der Waals surface area contributed by atoms with E-state index in [1.54, 1.807) is 18.2 Å². The van der Waals surface area contributed by atoms with E-state index in [4.69, 9.17) is 15.9 Å². The first-order chi connectivity index (χ1) is 12.2. The molecule has 0 fully saturated rings. The maximum absolute atomic E-state index is 12.6. The van der Waals surface area contributed by atoms with E-state index in [0.717, 1.165) is 15.8 Å². The van der Waals surface area contributed by atoms with Crippen LogP contribution in [-0.4, -0.2) is 17.3 Å². The molecule has 6 heteroatoms. The first-order valence-corrected chi connectivity index (χ1v) is 8.49. The van der Waals surface area contributed by atoms with Crippen molar-refractivity contribution in [3.63, 3.8) is 0 Å². The molecule has 0 spiro atoms. The highest BCUT2D eigenvalue weighted by molar-refractivity contribution is 7.16. The normalized spacial score (nSPS) is 13.2. The van der Waals surface area contributed by atoms with Crippen LogP contribution in [0.3, 0.4) is 0 Å². The number of amides is 1. The molecule has 0 unspecified atom stereocenters. The molecule has 1 aliphatic heterocycles. The van der Waals surface area contributed by atoms with Gasteiger partial charge in [0, 0.05) is 5.56 Å². The fourth-order valence-electron chi connectivity index (χ4n) is 2.69. The van der Waals surface area contributed by atoms with E-state index in [1.807, 2.05) is 23.6 Å². The number of hydrogen-bond donors (Lipinski definition) is 0. The van der Waals surface area contributed by atoms with Gasteiger partial charge in [-0.1, -0.05) is 23.3 Å². The lowest BCUT2D eigenvalue weighted by Crippen LogP contribution is -2.16. The van der Waals surface area contributed by atoms with Crippen molar-refractivity contribution in [2.45, 2.75) is 13.5 Å². The van der Waals surface area contributed by atoms with Gasteiger partial charge < -0.3 is 14.0 Å². The number of rotatable bonds is 2. The molecular formula is C19H14N2O3S. The van der Waals surface area contributed by atoms with Crippen molar-refractivity contribution in [3.05, 3.63) is 52.3 Å². The zero-order chi connectivity index (χ0) is 17.4. The van der Waals surface area contributed by atoms with E-state index in [1.165, 1.54) is 11.3 Å². The standard InChI is InChI=1S/C19H14N2O3S/c1-3-8-21-14-6-4-12(2)9-17(14)25-19(21)20-18(22)13-5-7-15-16(10-13)24-11-23-15/h1,4-7,9-10H,8,11H2,2H3. The zero-order valence-electron chi connectivity index (χ0n) is 13.5. The Morgan fingerprint density at radius 2 is 2.12 bits per heavy atom. The Hall–Kier alpha value is -3.04. The van der Waals surface area contributed by atoms with Gasteiger partial charge in [-0.25, -0.2) is 0 Å². The number of nitrogens with zero attached hydrogens (tertiary/aromatic N) is 2. The highest BCUT2D eigenvalue weighted by atomic mass is 32.1. The number of ether oxygens (including phenoxy) is 2. The van der Waals surface area contributed by atoms with Gasteiger partial charge in [0.2, 0.25) is 6.79 Å². The van der Waals surface area contributed by atoms with Gasteiger partial charge in [-0.3, -0.25) is 4.79 Å². The number of benzene rings is 2. The molecule has 0 bridgehead atoms. The molecule has 5 nitrogen and oxygen atoms in total. The number of aromatic nitrogens is 1. The molecule has 1 aliphatic rings. The number of hydrogen-bond acceptors (Lipinski definition) is 4. The van der Waals surface area contributed by atoms with Gasteiger partial charge in [0.05, 0.1) is 16.8 Å². The molecular weight excluding hydrogens is 336 g/mol. The Kier molecular flexibility index (Phi) is 3.79. The molecule has 0 atom stereocenters. The number of carbonyl (C=O) groups excluding carboxylic acids is 1. The molecule has 4 rings (SSSR count). The van der Waals surface area contributed by atoms with Gasteiger partial charge in [-0.15, -0.1) is 6.42 Å². The summed E-state index contributed by atoms with van der Waals surface area (Å²) in [5.41, 5.74) is 2.58. The van der Waals surface area contributed by atoms with Crippen molar-refractivity contribution >= 4 is 27.5 Å². The molecule has 2 heterocycles. The lowest BCUT2D eigenvalue weighted by molar-refractivity contribution is 0.0997. The highest BCUT2D eigenvalue weighted by Gasteiger charge is 2.16. The summed E-state index contributed by atoms with van der Waals surface area (Å²) in [5.74, 6) is 3.48. The SMILES string of the molecule is C#CCn1c(=NC(=O)c2ccc3c(c2)OCO3)sc2cc(C)ccc21. The van der Waals surface area contributed by atoms with Crippen LogP contribution in [-0.2, 0) is 6.54 Å². The molecule has 0 aliphatic carbocycles. The molecule has 3 aromatic rings. The minimum atomic E-state index is -0.340. The van der Waals surface area contributed by atoms with Crippen LogP contribution in [0.2, 0.25) is 0 Å². The van der Waals surface area contributed by atoms with Crippen LogP contribution >= 0.6 is 11.3 Å². The summed E-state index contributed by atoms with van der Waals surface area (Å²) in [5, 5.41) is 0. The number of fused-ring (bicyclic) bond motifs is 2. The Balaban J connectivity index is 1.81. The van der Waals surface area contributed by atoms with Crippen LogP contribution in [0, 0.1) is 19.3 Å². The monoisotopic (exact) mass is 350 g/mol. The van der Waals surface area contributed by atoms with Crippen molar-refractivity contribution in [3.8, 4) is 23.8 Å². The van der Waals surface area contributed by atoms with Crippen LogP contribution in [0.25, 0.3) is 10.2 Å². The molecule has 0 saturated carbocycles. The van der Waals surface area contributed by atoms with Crippen LogP contribution in [0.1, 0.15) is 15.9 Å². The lowest BCUT2D eigenvalue weighted by atomic mass is 10.2. The molecule has 2 aromatic carbocycles. The van der Waals surface area contributed by atoms with E-state index in [2.05, 4.69) is 17.0 Å². The van der Waals surface area contributed by atoms with Crippen LogP contribution in [0.5, 0.6) is 11.5 Å².